The number of allylic oxidation sites excluding steroid dienone is 2. The van der Waals surface area contributed by atoms with Crippen molar-refractivity contribution in [3.63, 3.8) is 0 Å². The topological polar surface area (TPSA) is 42.2 Å². The minimum atomic E-state index is 0.316. The molecule has 1 aromatic heterocycles. The molecule has 0 aromatic carbocycles. The maximum atomic E-state index is 12.0. The summed E-state index contributed by atoms with van der Waals surface area (Å²) in [5.74, 6) is 2.26. The first-order valence-electron chi connectivity index (χ1n) is 6.52. The lowest BCUT2D eigenvalue weighted by atomic mass is 9.95. The van der Waals surface area contributed by atoms with Crippen LogP contribution in [0.4, 0.5) is 0 Å². The number of hydrogen-bond acceptors (Lipinski definition) is 3. The van der Waals surface area contributed by atoms with E-state index in [1.807, 2.05) is 19.1 Å². The second kappa shape index (κ2) is 3.74. The summed E-state index contributed by atoms with van der Waals surface area (Å²) in [6.07, 6.45) is 2.40. The minimum absolute atomic E-state index is 0.316. The molecule has 96 valence electrons. The van der Waals surface area contributed by atoms with E-state index in [9.17, 15) is 4.79 Å². The molecule has 1 heterocycles. The molecule has 2 unspecified atom stereocenters. The quantitative estimate of drug-likeness (QED) is 0.833. The number of carbonyl (C=O) groups is 1. The van der Waals surface area contributed by atoms with Crippen LogP contribution in [-0.2, 0) is 11.3 Å². The number of furan rings is 1. The fourth-order valence-corrected chi connectivity index (χ4v) is 3.35. The van der Waals surface area contributed by atoms with Crippen LogP contribution in [0.15, 0.2) is 34.1 Å². The van der Waals surface area contributed by atoms with Gasteiger partial charge in [-0.05, 0) is 36.3 Å². The molecule has 2 atom stereocenters. The van der Waals surface area contributed by atoms with Gasteiger partial charge < -0.3 is 9.73 Å². The van der Waals surface area contributed by atoms with Crippen LogP contribution in [-0.4, -0.2) is 5.78 Å². The summed E-state index contributed by atoms with van der Waals surface area (Å²) >= 11 is 0. The minimum Gasteiger partial charge on any atom is -0.467 e. The molecule has 1 N–H and O–H groups in total. The van der Waals surface area contributed by atoms with Crippen molar-refractivity contribution in [3.05, 3.63) is 35.4 Å². The molecule has 3 rings (SSSR count). The van der Waals surface area contributed by atoms with Gasteiger partial charge in [-0.2, -0.15) is 0 Å². The zero-order valence-corrected chi connectivity index (χ0v) is 11.1. The average molecular weight is 245 g/mol. The lowest BCUT2D eigenvalue weighted by Gasteiger charge is -2.13. The molecule has 0 radical (unpaired) electrons. The van der Waals surface area contributed by atoms with Crippen LogP contribution in [0.1, 0.15) is 33.0 Å². The van der Waals surface area contributed by atoms with Crippen molar-refractivity contribution in [1.29, 1.82) is 0 Å². The Morgan fingerprint density at radius 3 is 2.94 bits per heavy atom. The molecule has 1 aromatic rings. The van der Waals surface area contributed by atoms with Gasteiger partial charge in [-0.15, -0.1) is 0 Å². The van der Waals surface area contributed by atoms with E-state index in [4.69, 9.17) is 4.42 Å². The van der Waals surface area contributed by atoms with Crippen LogP contribution >= 0.6 is 0 Å². The second-order valence-electron chi connectivity index (χ2n) is 6.00. The summed E-state index contributed by atoms with van der Waals surface area (Å²) in [6.45, 7) is 7.17. The highest BCUT2D eigenvalue weighted by Crippen LogP contribution is 2.68. The molecule has 3 nitrogen and oxygen atoms in total. The number of Topliss-reactive ketones (excluding diaryl/α,β-unsaturated/α-hetero) is 1. The van der Waals surface area contributed by atoms with Crippen molar-refractivity contribution in [1.82, 2.24) is 5.32 Å². The predicted molar refractivity (Wildman–Crippen MR) is 68.6 cm³/mol. The van der Waals surface area contributed by atoms with E-state index in [1.54, 1.807) is 6.26 Å². The molecule has 2 aliphatic carbocycles. The number of fused-ring (bicyclic) bond motifs is 1. The van der Waals surface area contributed by atoms with Crippen LogP contribution in [0.5, 0.6) is 0 Å². The Labute approximate surface area is 107 Å². The summed E-state index contributed by atoms with van der Waals surface area (Å²) in [7, 11) is 0. The zero-order valence-electron chi connectivity index (χ0n) is 11.1. The van der Waals surface area contributed by atoms with E-state index >= 15 is 0 Å². The summed E-state index contributed by atoms with van der Waals surface area (Å²) in [5, 5.41) is 3.32. The fourth-order valence-electron chi connectivity index (χ4n) is 3.35. The smallest absolute Gasteiger partial charge is 0.161 e. The van der Waals surface area contributed by atoms with Crippen LogP contribution < -0.4 is 5.32 Å². The average Bonchev–Trinajstić information content (AvgIpc) is 2.79. The van der Waals surface area contributed by atoms with E-state index in [0.29, 0.717) is 29.6 Å². The fraction of sp³-hybridized carbons (Fsp3) is 0.533. The van der Waals surface area contributed by atoms with Crippen molar-refractivity contribution in [2.75, 3.05) is 0 Å². The maximum Gasteiger partial charge on any atom is 0.161 e. The summed E-state index contributed by atoms with van der Waals surface area (Å²) in [4.78, 5) is 12.0. The van der Waals surface area contributed by atoms with Gasteiger partial charge in [0.25, 0.3) is 0 Å². The highest BCUT2D eigenvalue weighted by atomic mass is 16.3. The van der Waals surface area contributed by atoms with Gasteiger partial charge in [-0.25, -0.2) is 0 Å². The van der Waals surface area contributed by atoms with Gasteiger partial charge in [0.05, 0.1) is 12.8 Å². The Morgan fingerprint density at radius 1 is 1.56 bits per heavy atom. The number of carbonyl (C=O) groups excluding carboxylic acids is 1. The highest BCUT2D eigenvalue weighted by Gasteiger charge is 2.65. The first-order chi connectivity index (χ1) is 8.51. The molecule has 2 saturated carbocycles. The third-order valence-electron chi connectivity index (χ3n) is 4.58. The van der Waals surface area contributed by atoms with Crippen molar-refractivity contribution in [3.8, 4) is 0 Å². The van der Waals surface area contributed by atoms with Gasteiger partial charge in [0.2, 0.25) is 0 Å². The summed E-state index contributed by atoms with van der Waals surface area (Å²) < 4.78 is 5.28. The van der Waals surface area contributed by atoms with Crippen molar-refractivity contribution < 1.29 is 9.21 Å². The van der Waals surface area contributed by atoms with E-state index in [-0.39, 0.29) is 0 Å². The third kappa shape index (κ3) is 1.61. The summed E-state index contributed by atoms with van der Waals surface area (Å²) in [6, 6.07) is 3.81. The lowest BCUT2D eigenvalue weighted by Crippen LogP contribution is -2.17. The number of ketones is 1. The predicted octanol–water partition coefficient (Wildman–Crippen LogP) is 2.89. The molecule has 3 heteroatoms. The molecule has 0 spiro atoms. The molecule has 0 amide bonds. The third-order valence-corrected chi connectivity index (χ3v) is 4.58. The first kappa shape index (κ1) is 11.6. The Hall–Kier alpha value is -1.51. The monoisotopic (exact) mass is 245 g/mol. The van der Waals surface area contributed by atoms with E-state index in [1.165, 1.54) is 0 Å². The molecule has 0 saturated heterocycles. The molecular formula is C15H19NO2. The van der Waals surface area contributed by atoms with Crippen molar-refractivity contribution in [2.24, 2.45) is 17.3 Å². The molecule has 0 aliphatic heterocycles. The molecule has 0 bridgehead atoms. The van der Waals surface area contributed by atoms with Gasteiger partial charge in [0, 0.05) is 17.7 Å². The van der Waals surface area contributed by atoms with E-state index in [0.717, 1.165) is 23.5 Å². The van der Waals surface area contributed by atoms with Crippen molar-refractivity contribution in [2.45, 2.75) is 33.7 Å². The second-order valence-corrected chi connectivity index (χ2v) is 6.00. The van der Waals surface area contributed by atoms with Gasteiger partial charge in [0.1, 0.15) is 5.76 Å². The van der Waals surface area contributed by atoms with Crippen LogP contribution in [0.2, 0.25) is 0 Å². The molecule has 2 fully saturated rings. The maximum absolute atomic E-state index is 12.0. The van der Waals surface area contributed by atoms with Crippen LogP contribution in [0.25, 0.3) is 0 Å². The first-order valence-corrected chi connectivity index (χ1v) is 6.52. The Morgan fingerprint density at radius 2 is 2.33 bits per heavy atom. The Balaban J connectivity index is 1.75. The zero-order chi connectivity index (χ0) is 12.9. The highest BCUT2D eigenvalue weighted by molar-refractivity contribution is 6.01. The summed E-state index contributed by atoms with van der Waals surface area (Å²) in [5.41, 5.74) is 2.36. The Kier molecular flexibility index (Phi) is 2.40. The Bertz CT molecular complexity index is 511. The van der Waals surface area contributed by atoms with Gasteiger partial charge in [-0.1, -0.05) is 13.8 Å². The van der Waals surface area contributed by atoms with E-state index in [2.05, 4.69) is 19.2 Å². The molecule has 18 heavy (non-hydrogen) atoms. The van der Waals surface area contributed by atoms with E-state index < -0.39 is 0 Å². The largest absolute Gasteiger partial charge is 0.467 e. The molecule has 2 aliphatic rings. The van der Waals surface area contributed by atoms with Gasteiger partial charge >= 0.3 is 0 Å². The SMILES string of the molecule is CC(NCc1ccco1)=C1C(=O)CC2C1C2(C)C. The van der Waals surface area contributed by atoms with Crippen LogP contribution in [0.3, 0.4) is 0 Å². The van der Waals surface area contributed by atoms with Gasteiger partial charge in [0.15, 0.2) is 5.78 Å². The lowest BCUT2D eigenvalue weighted by molar-refractivity contribution is -0.115. The number of hydrogen-bond donors (Lipinski definition) is 1. The van der Waals surface area contributed by atoms with Crippen LogP contribution in [0, 0.1) is 17.3 Å². The normalized spacial score (nSPS) is 31.2. The number of nitrogens with one attached hydrogen (secondary N) is 1. The number of rotatable bonds is 3. The standard InChI is InChI=1S/C15H19NO2/c1-9(16-8-10-5-4-6-18-10)13-12(17)7-11-14(13)15(11,2)3/h4-6,11,14,16H,7-8H2,1-3H3. The van der Waals surface area contributed by atoms with Crippen molar-refractivity contribution >= 4 is 5.78 Å². The molecular weight excluding hydrogens is 226 g/mol. The van der Waals surface area contributed by atoms with Gasteiger partial charge in [-0.3, -0.25) is 4.79 Å².